The summed E-state index contributed by atoms with van der Waals surface area (Å²) in [6.45, 7) is 0. The fraction of sp³-hybridized carbons (Fsp3) is 0.200. The first-order chi connectivity index (χ1) is 13.9. The number of hydrogen-bond donors (Lipinski definition) is 1. The van der Waals surface area contributed by atoms with E-state index in [1.54, 1.807) is 10.8 Å². The Morgan fingerprint density at radius 1 is 1.17 bits per heavy atom. The Kier molecular flexibility index (Phi) is 3.73. The zero-order chi connectivity index (χ0) is 20.3. The van der Waals surface area contributed by atoms with Crippen LogP contribution < -0.4 is 10.3 Å². The lowest BCUT2D eigenvalue weighted by atomic mass is 10.0. The lowest BCUT2D eigenvalue weighted by Gasteiger charge is -2.35. The molecule has 146 valence electrons. The monoisotopic (exact) mass is 396 g/mol. The summed E-state index contributed by atoms with van der Waals surface area (Å²) in [7, 11) is 0. The Hall–Kier alpha value is -3.62. The SMILES string of the molecule is O=C(O)c1cn(C2CC2)c2c(c1=O)C=C(F)C1N=NC(c3ccc(F)cc3)=CN21. The summed E-state index contributed by atoms with van der Waals surface area (Å²) in [4.78, 5) is 25.7. The van der Waals surface area contributed by atoms with Gasteiger partial charge in [-0.25, -0.2) is 13.6 Å². The minimum Gasteiger partial charge on any atom is -0.477 e. The molecular weight excluding hydrogens is 382 g/mol. The highest BCUT2D eigenvalue weighted by molar-refractivity contribution is 5.90. The highest BCUT2D eigenvalue weighted by Crippen LogP contribution is 2.43. The Labute approximate surface area is 162 Å². The third kappa shape index (κ3) is 2.77. The molecule has 0 saturated heterocycles. The Balaban J connectivity index is 1.72. The molecule has 7 nitrogen and oxygen atoms in total. The van der Waals surface area contributed by atoms with Gasteiger partial charge < -0.3 is 14.6 Å². The van der Waals surface area contributed by atoms with E-state index in [9.17, 15) is 23.5 Å². The predicted octanol–water partition coefficient (Wildman–Crippen LogP) is 3.94. The predicted molar refractivity (Wildman–Crippen MR) is 101 cm³/mol. The maximum atomic E-state index is 14.7. The van der Waals surface area contributed by atoms with Gasteiger partial charge in [-0.1, -0.05) is 0 Å². The third-order valence-electron chi connectivity index (χ3n) is 5.13. The van der Waals surface area contributed by atoms with Crippen molar-refractivity contribution in [3.8, 4) is 0 Å². The zero-order valence-electron chi connectivity index (χ0n) is 14.9. The van der Waals surface area contributed by atoms with Gasteiger partial charge in [-0.2, -0.15) is 10.2 Å². The molecule has 5 rings (SSSR count). The van der Waals surface area contributed by atoms with Crippen LogP contribution >= 0.6 is 0 Å². The Bertz CT molecular complexity index is 1190. The average molecular weight is 396 g/mol. The first-order valence-corrected chi connectivity index (χ1v) is 9.00. The van der Waals surface area contributed by atoms with Gasteiger partial charge in [0.15, 0.2) is 6.17 Å². The van der Waals surface area contributed by atoms with Crippen LogP contribution in [0.1, 0.15) is 40.4 Å². The van der Waals surface area contributed by atoms with E-state index in [-0.39, 0.29) is 11.6 Å². The van der Waals surface area contributed by atoms with Gasteiger partial charge in [0.2, 0.25) is 5.43 Å². The number of fused-ring (bicyclic) bond motifs is 3. The highest BCUT2D eigenvalue weighted by atomic mass is 19.1. The van der Waals surface area contributed by atoms with Crippen LogP contribution in [-0.4, -0.2) is 21.8 Å². The van der Waals surface area contributed by atoms with Gasteiger partial charge in [0, 0.05) is 24.0 Å². The molecule has 1 saturated carbocycles. The van der Waals surface area contributed by atoms with Gasteiger partial charge in [0.05, 0.1) is 5.56 Å². The van der Waals surface area contributed by atoms with Crippen molar-refractivity contribution in [1.82, 2.24) is 4.57 Å². The molecule has 3 heterocycles. The van der Waals surface area contributed by atoms with E-state index in [2.05, 4.69) is 10.2 Å². The van der Waals surface area contributed by atoms with E-state index < -0.39 is 34.8 Å². The Morgan fingerprint density at radius 2 is 1.90 bits per heavy atom. The van der Waals surface area contributed by atoms with Gasteiger partial charge in [0.25, 0.3) is 0 Å². The molecule has 1 N–H and O–H groups in total. The van der Waals surface area contributed by atoms with Crippen LogP contribution in [0.4, 0.5) is 14.6 Å². The number of halogens is 2. The van der Waals surface area contributed by atoms with Crippen molar-refractivity contribution in [2.45, 2.75) is 25.0 Å². The van der Waals surface area contributed by atoms with Gasteiger partial charge in [0.1, 0.15) is 28.7 Å². The molecule has 1 fully saturated rings. The first kappa shape index (κ1) is 17.5. The van der Waals surface area contributed by atoms with Crippen molar-refractivity contribution in [1.29, 1.82) is 0 Å². The standard InChI is InChI=1S/C20H14F2N4O3/c21-11-3-1-10(2-4-11)16-9-26-18(24-23-16)15(22)7-13-17(27)14(20(28)29)8-25(19(13)26)12-5-6-12/h1-4,7-9,12,18H,5-6H2,(H,28,29). The number of aromatic nitrogens is 1. The number of hydrogen-bond acceptors (Lipinski definition) is 5. The average Bonchev–Trinajstić information content (AvgIpc) is 3.54. The number of azo groups is 1. The highest BCUT2D eigenvalue weighted by Gasteiger charge is 2.38. The van der Waals surface area contributed by atoms with Crippen LogP contribution in [0.25, 0.3) is 11.8 Å². The van der Waals surface area contributed by atoms with E-state index in [0.717, 1.165) is 18.9 Å². The summed E-state index contributed by atoms with van der Waals surface area (Å²) < 4.78 is 29.7. The molecule has 1 unspecified atom stereocenters. The second-order valence-electron chi connectivity index (χ2n) is 7.10. The maximum Gasteiger partial charge on any atom is 0.341 e. The molecule has 0 amide bonds. The molecule has 0 spiro atoms. The van der Waals surface area contributed by atoms with E-state index in [1.807, 2.05) is 0 Å². The largest absolute Gasteiger partial charge is 0.477 e. The van der Waals surface area contributed by atoms with Gasteiger partial charge in [-0.15, -0.1) is 0 Å². The molecule has 0 bridgehead atoms. The molecule has 1 atom stereocenters. The lowest BCUT2D eigenvalue weighted by molar-refractivity contribution is 0.0694. The van der Waals surface area contributed by atoms with E-state index in [1.165, 1.54) is 35.4 Å². The number of carboxylic acids is 1. The van der Waals surface area contributed by atoms with Crippen LogP contribution in [-0.2, 0) is 0 Å². The minimum atomic E-state index is -1.36. The molecule has 1 aliphatic carbocycles. The fourth-order valence-electron chi connectivity index (χ4n) is 3.56. The number of rotatable bonds is 3. The number of pyridine rings is 1. The number of nitrogens with zero attached hydrogens (tertiary/aromatic N) is 4. The number of aromatic carboxylic acids is 1. The third-order valence-corrected chi connectivity index (χ3v) is 5.13. The molecule has 1 aromatic heterocycles. The van der Waals surface area contributed by atoms with Crippen LogP contribution in [0.2, 0.25) is 0 Å². The van der Waals surface area contributed by atoms with E-state index >= 15 is 0 Å². The molecule has 9 heteroatoms. The van der Waals surface area contributed by atoms with Gasteiger partial charge >= 0.3 is 5.97 Å². The molecular formula is C20H14F2N4O3. The summed E-state index contributed by atoms with van der Waals surface area (Å²) in [6, 6.07) is 5.64. The summed E-state index contributed by atoms with van der Waals surface area (Å²) in [5.74, 6) is -2.09. The number of carboxylic acid groups (broad SMARTS) is 1. The number of benzene rings is 1. The molecule has 2 aliphatic heterocycles. The van der Waals surface area contributed by atoms with Gasteiger partial charge in [-0.05, 0) is 43.2 Å². The van der Waals surface area contributed by atoms with Gasteiger partial charge in [-0.3, -0.25) is 4.79 Å². The minimum absolute atomic E-state index is 0.0270. The molecule has 0 radical (unpaired) electrons. The second-order valence-corrected chi connectivity index (χ2v) is 7.10. The topological polar surface area (TPSA) is 87.3 Å². The van der Waals surface area contributed by atoms with Crippen molar-refractivity contribution < 1.29 is 18.7 Å². The summed E-state index contributed by atoms with van der Waals surface area (Å²) in [6.07, 6.45) is 4.48. The van der Waals surface area contributed by atoms with Crippen molar-refractivity contribution in [3.63, 3.8) is 0 Å². The van der Waals surface area contributed by atoms with E-state index in [0.29, 0.717) is 17.1 Å². The van der Waals surface area contributed by atoms with Crippen molar-refractivity contribution in [3.05, 3.63) is 75.2 Å². The van der Waals surface area contributed by atoms with E-state index in [4.69, 9.17) is 0 Å². The number of anilines is 1. The molecule has 2 aromatic rings. The maximum absolute atomic E-state index is 14.7. The summed E-state index contributed by atoms with van der Waals surface area (Å²) in [5, 5.41) is 17.5. The lowest BCUT2D eigenvalue weighted by Crippen LogP contribution is -2.39. The smallest absolute Gasteiger partial charge is 0.341 e. The summed E-state index contributed by atoms with van der Waals surface area (Å²) >= 11 is 0. The van der Waals surface area contributed by atoms with Crippen LogP contribution in [0, 0.1) is 5.82 Å². The number of carbonyl (C=O) groups is 1. The molecule has 3 aliphatic rings. The second kappa shape index (κ2) is 6.20. The van der Waals surface area contributed by atoms with Crippen molar-refractivity contribution >= 4 is 23.6 Å². The molecule has 1 aromatic carbocycles. The Morgan fingerprint density at radius 3 is 2.55 bits per heavy atom. The normalized spacial score (nSPS) is 19.9. The summed E-state index contributed by atoms with van der Waals surface area (Å²) in [5.41, 5.74) is -0.235. The quantitative estimate of drug-likeness (QED) is 0.851. The van der Waals surface area contributed by atoms with Crippen LogP contribution in [0.5, 0.6) is 0 Å². The van der Waals surface area contributed by atoms with Crippen LogP contribution in [0.15, 0.2) is 57.5 Å². The zero-order valence-corrected chi connectivity index (χ0v) is 14.9. The molecule has 29 heavy (non-hydrogen) atoms. The van der Waals surface area contributed by atoms with Crippen molar-refractivity contribution in [2.75, 3.05) is 4.90 Å². The van der Waals surface area contributed by atoms with Crippen molar-refractivity contribution in [2.24, 2.45) is 10.2 Å². The fourth-order valence-corrected chi connectivity index (χ4v) is 3.56. The van der Waals surface area contributed by atoms with Crippen LogP contribution in [0.3, 0.4) is 0 Å². The first-order valence-electron chi connectivity index (χ1n) is 9.00.